The maximum absolute atomic E-state index is 12.4. The van der Waals surface area contributed by atoms with E-state index in [-0.39, 0.29) is 17.4 Å². The van der Waals surface area contributed by atoms with Gasteiger partial charge in [-0.05, 0) is 31.0 Å². The Labute approximate surface area is 155 Å². The standard InChI is InChI=1S/C18H22F2N4O3/c1-26-14-11-12(6-7-13(14)27-18(19)20)17(25)21-9-8-16-23-22-15-5-3-2-4-10-24(15)16/h6-7,11,18H,2-5,8-10H2,1H3,(H,21,25). The summed E-state index contributed by atoms with van der Waals surface area (Å²) in [5.74, 6) is 1.51. The molecule has 0 spiro atoms. The molecule has 2 heterocycles. The molecule has 0 aliphatic carbocycles. The van der Waals surface area contributed by atoms with Crippen molar-refractivity contribution in [1.82, 2.24) is 20.1 Å². The average Bonchev–Trinajstić information content (AvgIpc) is 2.88. The van der Waals surface area contributed by atoms with Crippen LogP contribution in [0.2, 0.25) is 0 Å². The summed E-state index contributed by atoms with van der Waals surface area (Å²) >= 11 is 0. The van der Waals surface area contributed by atoms with Gasteiger partial charge < -0.3 is 19.4 Å². The van der Waals surface area contributed by atoms with Gasteiger partial charge in [-0.15, -0.1) is 10.2 Å². The summed E-state index contributed by atoms with van der Waals surface area (Å²) in [6.45, 7) is -1.65. The predicted molar refractivity (Wildman–Crippen MR) is 93.2 cm³/mol. The van der Waals surface area contributed by atoms with Crippen molar-refractivity contribution < 1.29 is 23.0 Å². The summed E-state index contributed by atoms with van der Waals surface area (Å²) in [5, 5.41) is 11.3. The van der Waals surface area contributed by atoms with Gasteiger partial charge in [-0.1, -0.05) is 6.42 Å². The molecule has 1 N–H and O–H groups in total. The molecular formula is C18H22F2N4O3. The maximum atomic E-state index is 12.4. The zero-order chi connectivity index (χ0) is 19.2. The Hall–Kier alpha value is -2.71. The van der Waals surface area contributed by atoms with Crippen LogP contribution in [0.3, 0.4) is 0 Å². The smallest absolute Gasteiger partial charge is 0.387 e. The van der Waals surface area contributed by atoms with Crippen LogP contribution in [0.4, 0.5) is 8.78 Å². The predicted octanol–water partition coefficient (Wildman–Crippen LogP) is 2.59. The molecule has 0 fully saturated rings. The fraction of sp³-hybridized carbons (Fsp3) is 0.500. The van der Waals surface area contributed by atoms with Gasteiger partial charge in [0, 0.05) is 31.5 Å². The lowest BCUT2D eigenvalue weighted by molar-refractivity contribution is -0.0512. The van der Waals surface area contributed by atoms with E-state index in [0.29, 0.717) is 18.5 Å². The molecule has 7 nitrogen and oxygen atoms in total. The minimum absolute atomic E-state index is 0.0747. The van der Waals surface area contributed by atoms with E-state index in [9.17, 15) is 13.6 Å². The van der Waals surface area contributed by atoms with Crippen molar-refractivity contribution in [3.63, 3.8) is 0 Å². The van der Waals surface area contributed by atoms with Crippen molar-refractivity contribution in [1.29, 1.82) is 0 Å². The van der Waals surface area contributed by atoms with Crippen LogP contribution in [0.25, 0.3) is 0 Å². The van der Waals surface area contributed by atoms with Crippen molar-refractivity contribution in [3.8, 4) is 11.5 Å². The van der Waals surface area contributed by atoms with Crippen molar-refractivity contribution >= 4 is 5.91 Å². The van der Waals surface area contributed by atoms with Gasteiger partial charge in [-0.2, -0.15) is 8.78 Å². The SMILES string of the molecule is COc1cc(C(=O)NCCc2nnc3n2CCCCC3)ccc1OC(F)F. The highest BCUT2D eigenvalue weighted by molar-refractivity contribution is 5.94. The Morgan fingerprint density at radius 2 is 2.11 bits per heavy atom. The number of alkyl halides is 2. The number of rotatable bonds is 7. The normalized spacial score (nSPS) is 13.8. The fourth-order valence-electron chi connectivity index (χ4n) is 3.12. The van der Waals surface area contributed by atoms with Gasteiger partial charge in [0.25, 0.3) is 5.91 Å². The number of hydrogen-bond acceptors (Lipinski definition) is 5. The minimum atomic E-state index is -2.96. The molecule has 0 saturated heterocycles. The number of hydrogen-bond donors (Lipinski definition) is 1. The van der Waals surface area contributed by atoms with Gasteiger partial charge in [0.05, 0.1) is 7.11 Å². The highest BCUT2D eigenvalue weighted by Crippen LogP contribution is 2.29. The van der Waals surface area contributed by atoms with E-state index in [0.717, 1.165) is 37.5 Å². The van der Waals surface area contributed by atoms with Crippen LogP contribution in [0, 0.1) is 0 Å². The number of ether oxygens (including phenoxy) is 2. The van der Waals surface area contributed by atoms with E-state index in [4.69, 9.17) is 4.74 Å². The van der Waals surface area contributed by atoms with Crippen molar-refractivity contribution in [2.24, 2.45) is 0 Å². The van der Waals surface area contributed by atoms with Crippen LogP contribution < -0.4 is 14.8 Å². The monoisotopic (exact) mass is 380 g/mol. The van der Waals surface area contributed by atoms with E-state index >= 15 is 0 Å². The molecule has 27 heavy (non-hydrogen) atoms. The van der Waals surface area contributed by atoms with Crippen LogP contribution in [0.5, 0.6) is 11.5 Å². The van der Waals surface area contributed by atoms with Crippen LogP contribution in [-0.4, -0.2) is 40.9 Å². The molecule has 1 aromatic heterocycles. The first kappa shape index (κ1) is 19.1. The molecule has 9 heteroatoms. The molecule has 1 amide bonds. The minimum Gasteiger partial charge on any atom is -0.493 e. The zero-order valence-electron chi connectivity index (χ0n) is 15.1. The number of aromatic nitrogens is 3. The molecule has 0 saturated carbocycles. The highest BCUT2D eigenvalue weighted by Gasteiger charge is 2.16. The lowest BCUT2D eigenvalue weighted by Crippen LogP contribution is -2.26. The summed E-state index contributed by atoms with van der Waals surface area (Å²) in [6.07, 6.45) is 4.93. The Kier molecular flexibility index (Phi) is 6.20. The number of halogens is 2. The number of fused-ring (bicyclic) bond motifs is 1. The Bertz CT molecular complexity index is 795. The lowest BCUT2D eigenvalue weighted by atomic mass is 10.2. The van der Waals surface area contributed by atoms with Crippen LogP contribution in [0.1, 0.15) is 41.3 Å². The maximum Gasteiger partial charge on any atom is 0.387 e. The quantitative estimate of drug-likeness (QED) is 0.799. The second kappa shape index (κ2) is 8.79. The fourth-order valence-corrected chi connectivity index (χ4v) is 3.12. The van der Waals surface area contributed by atoms with Crippen molar-refractivity contribution in [2.75, 3.05) is 13.7 Å². The van der Waals surface area contributed by atoms with E-state index in [2.05, 4.69) is 24.8 Å². The van der Waals surface area contributed by atoms with Gasteiger partial charge in [0.1, 0.15) is 11.6 Å². The van der Waals surface area contributed by atoms with E-state index in [1.54, 1.807) is 0 Å². The molecule has 0 unspecified atom stereocenters. The van der Waals surface area contributed by atoms with Gasteiger partial charge in [-0.3, -0.25) is 4.79 Å². The summed E-state index contributed by atoms with van der Waals surface area (Å²) in [4.78, 5) is 12.3. The Morgan fingerprint density at radius 3 is 2.89 bits per heavy atom. The van der Waals surface area contributed by atoms with E-state index in [1.807, 2.05) is 0 Å². The topological polar surface area (TPSA) is 78.3 Å². The number of benzene rings is 1. The van der Waals surface area contributed by atoms with Crippen LogP contribution in [-0.2, 0) is 19.4 Å². The second-order valence-electron chi connectivity index (χ2n) is 6.24. The van der Waals surface area contributed by atoms with E-state index in [1.165, 1.54) is 31.7 Å². The molecule has 3 rings (SSSR count). The van der Waals surface area contributed by atoms with Gasteiger partial charge in [-0.25, -0.2) is 0 Å². The summed E-state index contributed by atoms with van der Waals surface area (Å²) in [7, 11) is 1.33. The van der Waals surface area contributed by atoms with Crippen molar-refractivity contribution in [2.45, 2.75) is 45.3 Å². The van der Waals surface area contributed by atoms with Crippen LogP contribution >= 0.6 is 0 Å². The van der Waals surface area contributed by atoms with Crippen LogP contribution in [0.15, 0.2) is 18.2 Å². The summed E-state index contributed by atoms with van der Waals surface area (Å²) in [6, 6.07) is 4.08. The Morgan fingerprint density at radius 1 is 1.26 bits per heavy atom. The first-order chi connectivity index (χ1) is 13.1. The first-order valence-electron chi connectivity index (χ1n) is 8.90. The third-order valence-corrected chi connectivity index (χ3v) is 4.46. The number of carbonyl (C=O) groups excluding carboxylic acids is 1. The molecule has 0 atom stereocenters. The molecular weight excluding hydrogens is 358 g/mol. The number of nitrogens with zero attached hydrogens (tertiary/aromatic N) is 3. The number of nitrogens with one attached hydrogen (secondary N) is 1. The number of aryl methyl sites for hydroxylation is 1. The Balaban J connectivity index is 1.59. The van der Waals surface area contributed by atoms with E-state index < -0.39 is 6.61 Å². The molecule has 1 aromatic carbocycles. The second-order valence-corrected chi connectivity index (χ2v) is 6.24. The van der Waals surface area contributed by atoms with Gasteiger partial charge >= 0.3 is 6.61 Å². The zero-order valence-corrected chi connectivity index (χ0v) is 15.1. The van der Waals surface area contributed by atoms with Gasteiger partial charge in [0.2, 0.25) is 0 Å². The molecule has 146 valence electrons. The molecule has 0 bridgehead atoms. The number of carbonyl (C=O) groups is 1. The largest absolute Gasteiger partial charge is 0.493 e. The van der Waals surface area contributed by atoms with Crippen molar-refractivity contribution in [3.05, 3.63) is 35.4 Å². The summed E-state index contributed by atoms with van der Waals surface area (Å²) < 4.78 is 36.3. The highest BCUT2D eigenvalue weighted by atomic mass is 19.3. The lowest BCUT2D eigenvalue weighted by Gasteiger charge is -2.12. The first-order valence-corrected chi connectivity index (χ1v) is 8.90. The third kappa shape index (κ3) is 4.72. The number of methoxy groups -OCH3 is 1. The molecule has 0 radical (unpaired) electrons. The molecule has 1 aliphatic rings. The number of amides is 1. The third-order valence-electron chi connectivity index (χ3n) is 4.46. The van der Waals surface area contributed by atoms with Gasteiger partial charge in [0.15, 0.2) is 11.5 Å². The molecule has 2 aromatic rings. The summed E-state index contributed by atoms with van der Waals surface area (Å²) in [5.41, 5.74) is 0.300. The average molecular weight is 380 g/mol. The molecule has 1 aliphatic heterocycles.